The molecule has 0 saturated heterocycles. The van der Waals surface area contributed by atoms with Crippen LogP contribution in [0.5, 0.6) is 0 Å². The molecule has 0 aromatic rings. The summed E-state index contributed by atoms with van der Waals surface area (Å²) in [6.45, 7) is 10.1. The Bertz CT molecular complexity index is 171. The molecule has 0 radical (unpaired) electrons. The Balaban J connectivity index is 4.34. The minimum absolute atomic E-state index is 0.174. The summed E-state index contributed by atoms with van der Waals surface area (Å²) >= 11 is 1.82. The fourth-order valence-corrected chi connectivity index (χ4v) is 1.77. The molecule has 72 valence electrons. The van der Waals surface area contributed by atoms with E-state index in [0.29, 0.717) is 0 Å². The standard InChI is InChI=1S/C10H20OS/c1-8(11)9(2,3)7-10(4,5)12-6/h7H2,1-6H3. The van der Waals surface area contributed by atoms with Crippen molar-refractivity contribution in [2.24, 2.45) is 5.41 Å². The summed E-state index contributed by atoms with van der Waals surface area (Å²) in [6.07, 6.45) is 3.03. The molecule has 0 fully saturated rings. The van der Waals surface area contributed by atoms with Gasteiger partial charge in [0.1, 0.15) is 5.78 Å². The fourth-order valence-electron chi connectivity index (χ4n) is 1.26. The Kier molecular flexibility index (Phi) is 3.83. The molecule has 2 heteroatoms. The van der Waals surface area contributed by atoms with E-state index in [4.69, 9.17) is 0 Å². The molecule has 0 aliphatic rings. The van der Waals surface area contributed by atoms with Crippen LogP contribution in [-0.4, -0.2) is 16.8 Å². The molecule has 0 rings (SSSR count). The maximum absolute atomic E-state index is 11.2. The quantitative estimate of drug-likeness (QED) is 0.674. The van der Waals surface area contributed by atoms with Crippen molar-refractivity contribution >= 4 is 17.5 Å². The van der Waals surface area contributed by atoms with Crippen molar-refractivity contribution in [3.63, 3.8) is 0 Å². The first-order valence-electron chi connectivity index (χ1n) is 4.27. The second kappa shape index (κ2) is 3.82. The zero-order chi connectivity index (χ0) is 9.99. The van der Waals surface area contributed by atoms with Gasteiger partial charge in [-0.05, 0) is 19.6 Å². The van der Waals surface area contributed by atoms with Gasteiger partial charge < -0.3 is 0 Å². The van der Waals surface area contributed by atoms with Gasteiger partial charge in [0.2, 0.25) is 0 Å². The average Bonchev–Trinajstić information content (AvgIpc) is 1.85. The van der Waals surface area contributed by atoms with Crippen LogP contribution in [0, 0.1) is 5.41 Å². The van der Waals surface area contributed by atoms with Gasteiger partial charge >= 0.3 is 0 Å². The van der Waals surface area contributed by atoms with E-state index in [9.17, 15) is 4.79 Å². The molecule has 0 amide bonds. The lowest BCUT2D eigenvalue weighted by Gasteiger charge is -2.31. The first-order chi connectivity index (χ1) is 5.21. The van der Waals surface area contributed by atoms with Crippen LogP contribution >= 0.6 is 11.8 Å². The Morgan fingerprint density at radius 2 is 1.67 bits per heavy atom. The Morgan fingerprint density at radius 1 is 1.25 bits per heavy atom. The van der Waals surface area contributed by atoms with Crippen LogP contribution in [0.2, 0.25) is 0 Å². The molecule has 0 aromatic heterocycles. The van der Waals surface area contributed by atoms with Crippen LogP contribution in [0.4, 0.5) is 0 Å². The number of carbonyl (C=O) groups excluding carboxylic acids is 1. The Hall–Kier alpha value is 0.0200. The monoisotopic (exact) mass is 188 g/mol. The van der Waals surface area contributed by atoms with Crippen molar-refractivity contribution in [1.82, 2.24) is 0 Å². The molecular formula is C10H20OS. The number of carbonyl (C=O) groups is 1. The van der Waals surface area contributed by atoms with Crippen LogP contribution < -0.4 is 0 Å². The molecular weight excluding hydrogens is 168 g/mol. The summed E-state index contributed by atoms with van der Waals surface area (Å²) in [6, 6.07) is 0. The second-order valence-corrected chi connectivity index (χ2v) is 6.09. The van der Waals surface area contributed by atoms with Crippen LogP contribution in [0.25, 0.3) is 0 Å². The van der Waals surface area contributed by atoms with E-state index in [1.165, 1.54) is 0 Å². The maximum atomic E-state index is 11.2. The van der Waals surface area contributed by atoms with E-state index in [-0.39, 0.29) is 15.9 Å². The summed E-state index contributed by atoms with van der Waals surface area (Å²) in [4.78, 5) is 11.2. The third-order valence-electron chi connectivity index (χ3n) is 2.37. The molecule has 0 saturated carbocycles. The van der Waals surface area contributed by atoms with E-state index in [1.807, 2.05) is 25.6 Å². The molecule has 12 heavy (non-hydrogen) atoms. The number of hydrogen-bond acceptors (Lipinski definition) is 2. The van der Waals surface area contributed by atoms with Crippen molar-refractivity contribution < 1.29 is 4.79 Å². The average molecular weight is 188 g/mol. The number of rotatable bonds is 4. The number of Topliss-reactive ketones (excluding diaryl/α,β-unsaturated/α-hetero) is 1. The summed E-state index contributed by atoms with van der Waals surface area (Å²) in [7, 11) is 0. The molecule has 0 aromatic carbocycles. The molecule has 0 N–H and O–H groups in total. The fraction of sp³-hybridized carbons (Fsp3) is 0.900. The zero-order valence-corrected chi connectivity index (χ0v) is 9.84. The molecule has 0 atom stereocenters. The molecule has 0 heterocycles. The minimum atomic E-state index is -0.174. The van der Waals surface area contributed by atoms with Crippen LogP contribution in [-0.2, 0) is 4.79 Å². The van der Waals surface area contributed by atoms with Crippen molar-refractivity contribution in [1.29, 1.82) is 0 Å². The molecule has 0 aliphatic carbocycles. The molecule has 0 spiro atoms. The highest BCUT2D eigenvalue weighted by Gasteiger charge is 2.31. The first kappa shape index (κ1) is 12.0. The third kappa shape index (κ3) is 3.61. The summed E-state index contributed by atoms with van der Waals surface area (Å²) < 4.78 is 0.204. The van der Waals surface area contributed by atoms with Crippen LogP contribution in [0.15, 0.2) is 0 Å². The molecule has 0 aliphatic heterocycles. The predicted octanol–water partition coefficient (Wildman–Crippen LogP) is 3.13. The normalized spacial score (nSPS) is 13.2. The summed E-state index contributed by atoms with van der Waals surface area (Å²) in [5.41, 5.74) is -0.174. The van der Waals surface area contributed by atoms with Gasteiger partial charge in [-0.1, -0.05) is 27.7 Å². The zero-order valence-electron chi connectivity index (χ0n) is 9.02. The largest absolute Gasteiger partial charge is 0.299 e. The topological polar surface area (TPSA) is 17.1 Å². The lowest BCUT2D eigenvalue weighted by Crippen LogP contribution is -2.30. The first-order valence-corrected chi connectivity index (χ1v) is 5.50. The number of ketones is 1. The second-order valence-electron chi connectivity index (χ2n) is 4.58. The van der Waals surface area contributed by atoms with E-state index < -0.39 is 0 Å². The van der Waals surface area contributed by atoms with Gasteiger partial charge in [0, 0.05) is 10.2 Å². The molecule has 0 bridgehead atoms. The van der Waals surface area contributed by atoms with E-state index in [1.54, 1.807) is 6.92 Å². The highest BCUT2D eigenvalue weighted by Crippen LogP contribution is 2.35. The van der Waals surface area contributed by atoms with Crippen LogP contribution in [0.3, 0.4) is 0 Å². The van der Waals surface area contributed by atoms with Crippen molar-refractivity contribution in [3.8, 4) is 0 Å². The van der Waals surface area contributed by atoms with Gasteiger partial charge in [-0.3, -0.25) is 4.79 Å². The van der Waals surface area contributed by atoms with Crippen LogP contribution in [0.1, 0.15) is 41.0 Å². The highest BCUT2D eigenvalue weighted by atomic mass is 32.2. The van der Waals surface area contributed by atoms with Gasteiger partial charge in [0.05, 0.1) is 0 Å². The smallest absolute Gasteiger partial charge is 0.135 e. The Labute approximate surface area is 80.3 Å². The number of thioether (sulfide) groups is 1. The lowest BCUT2D eigenvalue weighted by atomic mass is 9.80. The summed E-state index contributed by atoms with van der Waals surface area (Å²) in [5.74, 6) is 0.282. The highest BCUT2D eigenvalue weighted by molar-refractivity contribution is 7.99. The molecule has 0 unspecified atom stereocenters. The van der Waals surface area contributed by atoms with Crippen molar-refractivity contribution in [2.45, 2.75) is 45.8 Å². The van der Waals surface area contributed by atoms with Crippen molar-refractivity contribution in [2.75, 3.05) is 6.26 Å². The van der Waals surface area contributed by atoms with Gasteiger partial charge in [-0.2, -0.15) is 11.8 Å². The molecule has 1 nitrogen and oxygen atoms in total. The summed E-state index contributed by atoms with van der Waals surface area (Å²) in [5, 5.41) is 0. The van der Waals surface area contributed by atoms with Gasteiger partial charge in [0.15, 0.2) is 0 Å². The number of hydrogen-bond donors (Lipinski definition) is 0. The SMILES string of the molecule is CSC(C)(C)CC(C)(C)C(C)=O. The predicted molar refractivity (Wildman–Crippen MR) is 56.7 cm³/mol. The maximum Gasteiger partial charge on any atom is 0.135 e. The van der Waals surface area contributed by atoms with E-state index in [2.05, 4.69) is 20.1 Å². The minimum Gasteiger partial charge on any atom is -0.299 e. The van der Waals surface area contributed by atoms with E-state index in [0.717, 1.165) is 6.42 Å². The third-order valence-corrected chi connectivity index (χ3v) is 3.62. The lowest BCUT2D eigenvalue weighted by molar-refractivity contribution is -0.125. The van der Waals surface area contributed by atoms with Crippen molar-refractivity contribution in [3.05, 3.63) is 0 Å². The Morgan fingerprint density at radius 3 is 1.92 bits per heavy atom. The van der Waals surface area contributed by atoms with Gasteiger partial charge in [-0.25, -0.2) is 0 Å². The van der Waals surface area contributed by atoms with E-state index >= 15 is 0 Å². The van der Waals surface area contributed by atoms with Gasteiger partial charge in [-0.15, -0.1) is 0 Å². The van der Waals surface area contributed by atoms with Gasteiger partial charge in [0.25, 0.3) is 0 Å².